The van der Waals surface area contributed by atoms with Gasteiger partial charge >= 0.3 is 0 Å². The monoisotopic (exact) mass is 202 g/mol. The van der Waals surface area contributed by atoms with Gasteiger partial charge in [0.2, 0.25) is 0 Å². The van der Waals surface area contributed by atoms with Crippen LogP contribution < -0.4 is 0 Å². The molecule has 0 aliphatic carbocycles. The fraction of sp³-hybridized carbons (Fsp3) is 0.429. The van der Waals surface area contributed by atoms with Crippen LogP contribution in [0.15, 0.2) is 22.6 Å². The maximum Gasteiger partial charge on any atom is 0.134 e. The van der Waals surface area contributed by atoms with Crippen molar-refractivity contribution in [3.8, 4) is 0 Å². The summed E-state index contributed by atoms with van der Waals surface area (Å²) in [5.74, 6) is 1.12. The molecule has 0 aliphatic rings. The third kappa shape index (κ3) is 1.79. The molecule has 0 unspecified atom stereocenters. The molecule has 2 aromatic rings. The van der Waals surface area contributed by atoms with Gasteiger partial charge in [0.05, 0.1) is 0 Å². The first kappa shape index (κ1) is 10.3. The molecule has 0 atom stereocenters. The van der Waals surface area contributed by atoms with Gasteiger partial charge in [0.15, 0.2) is 0 Å². The third-order valence-corrected chi connectivity index (χ3v) is 2.96. The molecule has 15 heavy (non-hydrogen) atoms. The van der Waals surface area contributed by atoms with E-state index in [0.29, 0.717) is 0 Å². The van der Waals surface area contributed by atoms with E-state index >= 15 is 0 Å². The topological polar surface area (TPSA) is 13.1 Å². The molecular formula is C14H18O. The van der Waals surface area contributed by atoms with E-state index in [4.69, 9.17) is 4.42 Å². The molecule has 1 aromatic heterocycles. The minimum atomic E-state index is 0.976. The summed E-state index contributed by atoms with van der Waals surface area (Å²) < 4.78 is 5.78. The molecule has 0 spiro atoms. The van der Waals surface area contributed by atoms with Crippen LogP contribution in [0.2, 0.25) is 0 Å². The van der Waals surface area contributed by atoms with Gasteiger partial charge in [-0.2, -0.15) is 0 Å². The lowest BCUT2D eigenvalue weighted by molar-refractivity contribution is 0.553. The van der Waals surface area contributed by atoms with Gasteiger partial charge in [-0.3, -0.25) is 0 Å². The number of furan rings is 1. The summed E-state index contributed by atoms with van der Waals surface area (Å²) >= 11 is 0. The summed E-state index contributed by atoms with van der Waals surface area (Å²) in [6, 6.07) is 6.55. The summed E-state index contributed by atoms with van der Waals surface area (Å²) in [7, 11) is 0. The molecule has 1 heterocycles. The van der Waals surface area contributed by atoms with E-state index in [0.717, 1.165) is 24.2 Å². The smallest absolute Gasteiger partial charge is 0.134 e. The molecule has 0 aliphatic heterocycles. The van der Waals surface area contributed by atoms with Gasteiger partial charge in [-0.1, -0.05) is 26.3 Å². The average Bonchev–Trinajstić information content (AvgIpc) is 2.56. The Labute approximate surface area is 91.1 Å². The maximum absolute atomic E-state index is 5.78. The zero-order chi connectivity index (χ0) is 10.8. The van der Waals surface area contributed by atoms with E-state index in [1.807, 2.05) is 0 Å². The van der Waals surface area contributed by atoms with Crippen LogP contribution in [-0.4, -0.2) is 0 Å². The van der Waals surface area contributed by atoms with Crippen molar-refractivity contribution in [3.63, 3.8) is 0 Å². The SMILES string of the molecule is CCCc1ccc2oc(CC)c(C)c2c1. The first-order valence-electron chi connectivity index (χ1n) is 5.77. The van der Waals surface area contributed by atoms with E-state index in [9.17, 15) is 0 Å². The quantitative estimate of drug-likeness (QED) is 0.725. The highest BCUT2D eigenvalue weighted by Crippen LogP contribution is 2.26. The molecule has 0 radical (unpaired) electrons. The Morgan fingerprint density at radius 2 is 2.00 bits per heavy atom. The second-order valence-electron chi connectivity index (χ2n) is 4.08. The van der Waals surface area contributed by atoms with E-state index in [2.05, 4.69) is 39.0 Å². The van der Waals surface area contributed by atoms with Crippen LogP contribution in [0.25, 0.3) is 11.0 Å². The van der Waals surface area contributed by atoms with Gasteiger partial charge in [-0.05, 0) is 36.6 Å². The van der Waals surface area contributed by atoms with Crippen molar-refractivity contribution in [2.24, 2.45) is 0 Å². The molecule has 2 rings (SSSR count). The molecule has 1 heteroatoms. The van der Waals surface area contributed by atoms with Gasteiger partial charge < -0.3 is 4.42 Å². The Bertz CT molecular complexity index is 465. The Kier molecular flexibility index (Phi) is 2.81. The zero-order valence-corrected chi connectivity index (χ0v) is 9.76. The lowest BCUT2D eigenvalue weighted by Gasteiger charge is -1.98. The number of rotatable bonds is 3. The normalized spacial score (nSPS) is 11.1. The molecule has 0 saturated carbocycles. The molecule has 1 nitrogen and oxygen atoms in total. The fourth-order valence-electron chi connectivity index (χ4n) is 2.10. The van der Waals surface area contributed by atoms with Crippen LogP contribution in [-0.2, 0) is 12.8 Å². The first-order chi connectivity index (χ1) is 7.26. The molecule has 0 fully saturated rings. The highest BCUT2D eigenvalue weighted by atomic mass is 16.3. The molecule has 80 valence electrons. The average molecular weight is 202 g/mol. The van der Waals surface area contributed by atoms with Crippen molar-refractivity contribution < 1.29 is 4.42 Å². The summed E-state index contributed by atoms with van der Waals surface area (Å²) in [6.45, 7) is 6.50. The third-order valence-electron chi connectivity index (χ3n) is 2.96. The van der Waals surface area contributed by atoms with Gasteiger partial charge in [-0.15, -0.1) is 0 Å². The predicted octanol–water partition coefficient (Wildman–Crippen LogP) is 4.26. The first-order valence-corrected chi connectivity index (χ1v) is 5.77. The molecule has 0 amide bonds. The number of hydrogen-bond donors (Lipinski definition) is 0. The van der Waals surface area contributed by atoms with Gasteiger partial charge in [0.1, 0.15) is 11.3 Å². The van der Waals surface area contributed by atoms with E-state index in [-0.39, 0.29) is 0 Å². The van der Waals surface area contributed by atoms with Gasteiger partial charge in [0.25, 0.3) is 0 Å². The van der Waals surface area contributed by atoms with Gasteiger partial charge in [0, 0.05) is 11.8 Å². The van der Waals surface area contributed by atoms with Crippen molar-refractivity contribution in [2.75, 3.05) is 0 Å². The number of benzene rings is 1. The summed E-state index contributed by atoms with van der Waals surface area (Å²) in [4.78, 5) is 0. The molecule has 1 aromatic carbocycles. The number of aryl methyl sites for hydroxylation is 3. The highest BCUT2D eigenvalue weighted by Gasteiger charge is 2.08. The minimum absolute atomic E-state index is 0.976. The molecule has 0 bridgehead atoms. The minimum Gasteiger partial charge on any atom is -0.461 e. The van der Waals surface area contributed by atoms with Crippen molar-refractivity contribution in [1.29, 1.82) is 0 Å². The van der Waals surface area contributed by atoms with E-state index < -0.39 is 0 Å². The summed E-state index contributed by atoms with van der Waals surface area (Å²) in [6.07, 6.45) is 3.33. The second kappa shape index (κ2) is 4.09. The van der Waals surface area contributed by atoms with E-state index in [1.54, 1.807) is 0 Å². The summed E-state index contributed by atoms with van der Waals surface area (Å²) in [5, 5.41) is 1.29. The van der Waals surface area contributed by atoms with Crippen molar-refractivity contribution in [1.82, 2.24) is 0 Å². The Balaban J connectivity index is 2.54. The van der Waals surface area contributed by atoms with Crippen LogP contribution in [0.4, 0.5) is 0 Å². The summed E-state index contributed by atoms with van der Waals surface area (Å²) in [5.41, 5.74) is 3.76. The van der Waals surface area contributed by atoms with Crippen LogP contribution in [0.3, 0.4) is 0 Å². The zero-order valence-electron chi connectivity index (χ0n) is 9.76. The van der Waals surface area contributed by atoms with Crippen LogP contribution in [0.5, 0.6) is 0 Å². The van der Waals surface area contributed by atoms with Crippen molar-refractivity contribution >= 4 is 11.0 Å². The molecule has 0 saturated heterocycles. The Morgan fingerprint density at radius 3 is 2.67 bits per heavy atom. The number of fused-ring (bicyclic) bond motifs is 1. The number of hydrogen-bond acceptors (Lipinski definition) is 1. The molecular weight excluding hydrogens is 184 g/mol. The van der Waals surface area contributed by atoms with Crippen LogP contribution in [0, 0.1) is 6.92 Å². The standard InChI is InChI=1S/C14H18O/c1-4-6-11-7-8-14-12(9-11)10(3)13(5-2)15-14/h7-9H,4-6H2,1-3H3. The van der Waals surface area contributed by atoms with Crippen LogP contribution in [0.1, 0.15) is 37.2 Å². The molecule has 0 N–H and O–H groups in total. The lowest BCUT2D eigenvalue weighted by Crippen LogP contribution is -1.82. The van der Waals surface area contributed by atoms with Crippen molar-refractivity contribution in [2.45, 2.75) is 40.0 Å². The Morgan fingerprint density at radius 1 is 1.20 bits per heavy atom. The second-order valence-corrected chi connectivity index (χ2v) is 4.08. The fourth-order valence-corrected chi connectivity index (χ4v) is 2.10. The van der Waals surface area contributed by atoms with Gasteiger partial charge in [-0.25, -0.2) is 0 Å². The van der Waals surface area contributed by atoms with Crippen LogP contribution >= 0.6 is 0 Å². The van der Waals surface area contributed by atoms with Crippen molar-refractivity contribution in [3.05, 3.63) is 35.1 Å². The largest absolute Gasteiger partial charge is 0.461 e. The Hall–Kier alpha value is -1.24. The maximum atomic E-state index is 5.78. The predicted molar refractivity (Wildman–Crippen MR) is 64.3 cm³/mol. The lowest BCUT2D eigenvalue weighted by atomic mass is 10.1. The highest BCUT2D eigenvalue weighted by molar-refractivity contribution is 5.82. The van der Waals surface area contributed by atoms with E-state index in [1.165, 1.54) is 22.9 Å².